The fourth-order valence-electron chi connectivity index (χ4n) is 0.698. The Kier molecular flexibility index (Phi) is 3.39. The Bertz CT molecular complexity index is 260. The van der Waals surface area contributed by atoms with E-state index in [1.807, 2.05) is 0 Å². The fraction of sp³-hybridized carbons (Fsp3) is 0.286. The summed E-state index contributed by atoms with van der Waals surface area (Å²) in [6.07, 6.45) is 2.44. The van der Waals surface area contributed by atoms with Crippen LogP contribution in [0.4, 0.5) is 14.5 Å². The first-order valence-corrected chi connectivity index (χ1v) is 3.09. The van der Waals surface area contributed by atoms with Crippen molar-refractivity contribution >= 4 is 18.1 Å². The van der Waals surface area contributed by atoms with Gasteiger partial charge in [0.2, 0.25) is 0 Å². The fourth-order valence-corrected chi connectivity index (χ4v) is 0.698. The molecule has 0 unspecified atom stereocenters. The van der Waals surface area contributed by atoms with Gasteiger partial charge >= 0.3 is 0 Å². The van der Waals surface area contributed by atoms with E-state index >= 15 is 0 Å². The molecule has 12 heavy (non-hydrogen) atoms. The first-order valence-electron chi connectivity index (χ1n) is 3.09. The first kappa shape index (κ1) is 11.1. The number of pyridine rings is 1. The lowest BCUT2D eigenvalue weighted by atomic mass is 10.2. The molecule has 2 N–H and O–H groups in total. The van der Waals surface area contributed by atoms with E-state index in [4.69, 9.17) is 5.73 Å². The van der Waals surface area contributed by atoms with Gasteiger partial charge in [-0.15, -0.1) is 12.4 Å². The molecule has 1 heterocycles. The van der Waals surface area contributed by atoms with E-state index in [9.17, 15) is 8.78 Å². The van der Waals surface area contributed by atoms with Gasteiger partial charge in [0.15, 0.2) is 0 Å². The summed E-state index contributed by atoms with van der Waals surface area (Å²) in [5, 5.41) is 0. The molecule has 0 atom stereocenters. The van der Waals surface area contributed by atoms with Crippen LogP contribution >= 0.6 is 12.4 Å². The lowest BCUT2D eigenvalue weighted by Crippen LogP contribution is -2.07. The van der Waals surface area contributed by atoms with Crippen molar-refractivity contribution in [1.29, 1.82) is 0 Å². The van der Waals surface area contributed by atoms with Gasteiger partial charge in [-0.1, -0.05) is 0 Å². The molecule has 0 aliphatic rings. The summed E-state index contributed by atoms with van der Waals surface area (Å²) in [5.74, 6) is -2.86. The maximum atomic E-state index is 12.5. The minimum Gasteiger partial charge on any atom is -0.397 e. The topological polar surface area (TPSA) is 38.9 Å². The average molecular weight is 195 g/mol. The van der Waals surface area contributed by atoms with Gasteiger partial charge in [0, 0.05) is 24.9 Å². The number of nitrogens with two attached hydrogens (primary N) is 1. The zero-order valence-corrected chi connectivity index (χ0v) is 7.24. The van der Waals surface area contributed by atoms with Crippen molar-refractivity contribution in [2.75, 3.05) is 5.73 Å². The van der Waals surface area contributed by atoms with E-state index in [2.05, 4.69) is 4.98 Å². The molecular formula is C7H9ClF2N2. The molecule has 0 bridgehead atoms. The molecule has 0 saturated heterocycles. The number of aromatic nitrogens is 1. The third kappa shape index (κ3) is 2.62. The van der Waals surface area contributed by atoms with Crippen LogP contribution in [0.2, 0.25) is 0 Å². The SMILES string of the molecule is CC(F)(F)c1cncc(N)c1.Cl. The van der Waals surface area contributed by atoms with E-state index in [0.717, 1.165) is 13.1 Å². The smallest absolute Gasteiger partial charge is 0.272 e. The Morgan fingerprint density at radius 2 is 2.00 bits per heavy atom. The zero-order valence-electron chi connectivity index (χ0n) is 6.42. The molecule has 0 aliphatic carbocycles. The van der Waals surface area contributed by atoms with Gasteiger partial charge in [-0.2, -0.15) is 0 Å². The van der Waals surface area contributed by atoms with Gasteiger partial charge in [0.05, 0.1) is 5.69 Å². The molecule has 2 nitrogen and oxygen atoms in total. The molecule has 68 valence electrons. The number of alkyl halides is 2. The highest BCUT2D eigenvalue weighted by atomic mass is 35.5. The largest absolute Gasteiger partial charge is 0.397 e. The van der Waals surface area contributed by atoms with Crippen LogP contribution in [-0.4, -0.2) is 4.98 Å². The van der Waals surface area contributed by atoms with E-state index in [1.165, 1.54) is 12.3 Å². The second kappa shape index (κ2) is 3.67. The van der Waals surface area contributed by atoms with Crippen LogP contribution in [0.5, 0.6) is 0 Å². The van der Waals surface area contributed by atoms with Crippen LogP contribution in [0.25, 0.3) is 0 Å². The van der Waals surface area contributed by atoms with Gasteiger partial charge in [0.1, 0.15) is 0 Å². The number of halogens is 3. The third-order valence-corrected chi connectivity index (χ3v) is 1.27. The van der Waals surface area contributed by atoms with E-state index in [1.54, 1.807) is 0 Å². The molecule has 1 aromatic rings. The maximum absolute atomic E-state index is 12.5. The molecule has 0 saturated carbocycles. The zero-order chi connectivity index (χ0) is 8.48. The molecule has 0 fully saturated rings. The van der Waals surface area contributed by atoms with Crippen molar-refractivity contribution in [3.8, 4) is 0 Å². The van der Waals surface area contributed by atoms with Crippen LogP contribution in [0.1, 0.15) is 12.5 Å². The second-order valence-corrected chi connectivity index (χ2v) is 2.40. The number of nitrogen functional groups attached to an aromatic ring is 1. The normalized spacial score (nSPS) is 10.6. The van der Waals surface area contributed by atoms with Crippen molar-refractivity contribution < 1.29 is 8.78 Å². The van der Waals surface area contributed by atoms with Gasteiger partial charge in [-0.05, 0) is 6.07 Å². The van der Waals surface area contributed by atoms with Crippen LogP contribution in [-0.2, 0) is 5.92 Å². The standard InChI is InChI=1S/C7H8F2N2.ClH/c1-7(8,9)5-2-6(10)4-11-3-5;/h2-4H,10H2,1H3;1H. The Morgan fingerprint density at radius 1 is 1.42 bits per heavy atom. The predicted octanol–water partition coefficient (Wildman–Crippen LogP) is 2.20. The van der Waals surface area contributed by atoms with Crippen LogP contribution in [0.3, 0.4) is 0 Å². The summed E-state index contributed by atoms with van der Waals surface area (Å²) in [6, 6.07) is 1.22. The van der Waals surface area contributed by atoms with Crippen LogP contribution in [0, 0.1) is 0 Å². The van der Waals surface area contributed by atoms with E-state index in [0.29, 0.717) is 0 Å². The first-order chi connectivity index (χ1) is 5.00. The molecule has 5 heteroatoms. The minimum absolute atomic E-state index is 0. The maximum Gasteiger partial charge on any atom is 0.272 e. The van der Waals surface area contributed by atoms with Gasteiger partial charge in [-0.3, -0.25) is 4.98 Å². The summed E-state index contributed by atoms with van der Waals surface area (Å²) in [7, 11) is 0. The molecule has 1 aromatic heterocycles. The number of hydrogen-bond donors (Lipinski definition) is 1. The Labute approximate surface area is 75.2 Å². The lowest BCUT2D eigenvalue weighted by molar-refractivity contribution is 0.0172. The number of hydrogen-bond acceptors (Lipinski definition) is 2. The van der Waals surface area contributed by atoms with Gasteiger partial charge in [0.25, 0.3) is 5.92 Å². The van der Waals surface area contributed by atoms with E-state index < -0.39 is 5.92 Å². The Hall–Kier alpha value is -0.900. The van der Waals surface area contributed by atoms with E-state index in [-0.39, 0.29) is 23.7 Å². The van der Waals surface area contributed by atoms with Crippen LogP contribution < -0.4 is 5.73 Å². The monoisotopic (exact) mass is 194 g/mol. The van der Waals surface area contributed by atoms with Gasteiger partial charge in [-0.25, -0.2) is 8.78 Å². The molecule has 0 radical (unpaired) electrons. The molecule has 1 rings (SSSR count). The number of anilines is 1. The summed E-state index contributed by atoms with van der Waals surface area (Å²) in [6.45, 7) is 0.809. The number of nitrogens with zero attached hydrogens (tertiary/aromatic N) is 1. The lowest BCUT2D eigenvalue weighted by Gasteiger charge is -2.09. The molecule has 0 spiro atoms. The highest BCUT2D eigenvalue weighted by molar-refractivity contribution is 5.85. The Morgan fingerprint density at radius 3 is 2.33 bits per heavy atom. The summed E-state index contributed by atoms with van der Waals surface area (Å²) >= 11 is 0. The van der Waals surface area contributed by atoms with Crippen molar-refractivity contribution in [3.63, 3.8) is 0 Å². The second-order valence-electron chi connectivity index (χ2n) is 2.40. The van der Waals surface area contributed by atoms with Crippen LogP contribution in [0.15, 0.2) is 18.5 Å². The van der Waals surface area contributed by atoms with Gasteiger partial charge < -0.3 is 5.73 Å². The summed E-state index contributed by atoms with van der Waals surface area (Å²) < 4.78 is 25.1. The summed E-state index contributed by atoms with van der Waals surface area (Å²) in [5.41, 5.74) is 5.36. The van der Waals surface area contributed by atoms with Crippen molar-refractivity contribution in [1.82, 2.24) is 4.98 Å². The molecule has 0 aromatic carbocycles. The van der Waals surface area contributed by atoms with Crippen molar-refractivity contribution in [2.24, 2.45) is 0 Å². The highest BCUT2D eigenvalue weighted by Crippen LogP contribution is 2.26. The highest BCUT2D eigenvalue weighted by Gasteiger charge is 2.24. The minimum atomic E-state index is -2.86. The third-order valence-electron chi connectivity index (χ3n) is 1.27. The Balaban J connectivity index is 0.00000121. The summed E-state index contributed by atoms with van der Waals surface area (Å²) in [4.78, 5) is 3.55. The molecule has 0 amide bonds. The van der Waals surface area contributed by atoms with Crippen molar-refractivity contribution in [3.05, 3.63) is 24.0 Å². The van der Waals surface area contributed by atoms with Crippen molar-refractivity contribution in [2.45, 2.75) is 12.8 Å². The molecule has 0 aliphatic heterocycles. The average Bonchev–Trinajstić information content (AvgIpc) is 1.86. The number of rotatable bonds is 1. The molecular weight excluding hydrogens is 186 g/mol. The quantitative estimate of drug-likeness (QED) is 0.745. The predicted molar refractivity (Wildman–Crippen MR) is 45.5 cm³/mol.